The first-order valence-electron chi connectivity index (χ1n) is 5.37. The first kappa shape index (κ1) is 11.3. The first-order valence-corrected chi connectivity index (χ1v) is 5.37. The van der Waals surface area contributed by atoms with Crippen molar-refractivity contribution in [2.24, 2.45) is 0 Å². The van der Waals surface area contributed by atoms with E-state index >= 15 is 0 Å². The standard InChI is InChI=1S/C12H13N3O2/c1-3-17-12(16)10-8-14-15(9(10)2)11-6-4-5-7-13-11/h4-8H,3H2,1-2H3. The van der Waals surface area contributed by atoms with Gasteiger partial charge in [-0.2, -0.15) is 5.10 Å². The molecule has 2 aromatic heterocycles. The summed E-state index contributed by atoms with van der Waals surface area (Å²) in [6, 6.07) is 5.52. The zero-order valence-corrected chi connectivity index (χ0v) is 9.75. The summed E-state index contributed by atoms with van der Waals surface area (Å²) in [5, 5.41) is 4.14. The van der Waals surface area contributed by atoms with Crippen molar-refractivity contribution in [1.82, 2.24) is 14.8 Å². The van der Waals surface area contributed by atoms with E-state index in [9.17, 15) is 4.79 Å². The molecule has 0 radical (unpaired) electrons. The summed E-state index contributed by atoms with van der Waals surface area (Å²) >= 11 is 0. The zero-order valence-electron chi connectivity index (χ0n) is 9.75. The van der Waals surface area contributed by atoms with Crippen LogP contribution in [0.3, 0.4) is 0 Å². The topological polar surface area (TPSA) is 57.0 Å². The van der Waals surface area contributed by atoms with Crippen molar-refractivity contribution in [3.8, 4) is 5.82 Å². The number of pyridine rings is 1. The lowest BCUT2D eigenvalue weighted by Gasteiger charge is -2.03. The molecule has 88 valence electrons. The van der Waals surface area contributed by atoms with Gasteiger partial charge >= 0.3 is 5.97 Å². The van der Waals surface area contributed by atoms with E-state index in [2.05, 4.69) is 10.1 Å². The second-order valence-electron chi connectivity index (χ2n) is 3.46. The first-order chi connectivity index (χ1) is 8.24. The molecule has 2 rings (SSSR count). The molecule has 0 N–H and O–H groups in total. The van der Waals surface area contributed by atoms with Crippen LogP contribution in [0.2, 0.25) is 0 Å². The summed E-state index contributed by atoms with van der Waals surface area (Å²) < 4.78 is 6.56. The number of hydrogen-bond donors (Lipinski definition) is 0. The van der Waals surface area contributed by atoms with Crippen LogP contribution < -0.4 is 0 Å². The molecule has 0 amide bonds. The molecule has 0 saturated carbocycles. The van der Waals surface area contributed by atoms with E-state index in [1.165, 1.54) is 6.20 Å². The molecule has 17 heavy (non-hydrogen) atoms. The molecule has 0 aliphatic rings. The Bertz CT molecular complexity index is 520. The van der Waals surface area contributed by atoms with Gasteiger partial charge in [0, 0.05) is 6.20 Å². The number of ether oxygens (including phenoxy) is 1. The quantitative estimate of drug-likeness (QED) is 0.755. The van der Waals surface area contributed by atoms with Gasteiger partial charge in [0.05, 0.1) is 18.5 Å². The van der Waals surface area contributed by atoms with Crippen molar-refractivity contribution in [3.05, 3.63) is 41.9 Å². The molecule has 0 fully saturated rings. The average molecular weight is 231 g/mol. The van der Waals surface area contributed by atoms with Crippen LogP contribution in [0.4, 0.5) is 0 Å². The second-order valence-corrected chi connectivity index (χ2v) is 3.46. The van der Waals surface area contributed by atoms with Crippen molar-refractivity contribution >= 4 is 5.97 Å². The minimum atomic E-state index is -0.354. The normalized spacial score (nSPS) is 10.2. The highest BCUT2D eigenvalue weighted by Crippen LogP contribution is 2.12. The summed E-state index contributed by atoms with van der Waals surface area (Å²) in [4.78, 5) is 15.8. The molecule has 2 aromatic rings. The third-order valence-electron chi connectivity index (χ3n) is 2.37. The Morgan fingerprint density at radius 3 is 2.94 bits per heavy atom. The second kappa shape index (κ2) is 4.78. The number of esters is 1. The maximum atomic E-state index is 11.6. The predicted molar refractivity (Wildman–Crippen MR) is 62.1 cm³/mol. The zero-order chi connectivity index (χ0) is 12.3. The highest BCUT2D eigenvalue weighted by molar-refractivity contribution is 5.90. The minimum absolute atomic E-state index is 0.354. The lowest BCUT2D eigenvalue weighted by atomic mass is 10.2. The molecule has 0 atom stereocenters. The number of aromatic nitrogens is 3. The molecule has 0 saturated heterocycles. The van der Waals surface area contributed by atoms with Crippen molar-refractivity contribution in [2.75, 3.05) is 6.61 Å². The summed E-state index contributed by atoms with van der Waals surface area (Å²) in [7, 11) is 0. The SMILES string of the molecule is CCOC(=O)c1cnn(-c2ccccn2)c1C. The third-order valence-corrected chi connectivity index (χ3v) is 2.37. The van der Waals surface area contributed by atoms with Gasteiger partial charge in [0.15, 0.2) is 5.82 Å². The fourth-order valence-corrected chi connectivity index (χ4v) is 1.53. The van der Waals surface area contributed by atoms with Crippen molar-refractivity contribution < 1.29 is 9.53 Å². The van der Waals surface area contributed by atoms with Gasteiger partial charge < -0.3 is 4.74 Å². The molecule has 0 aliphatic carbocycles. The fraction of sp³-hybridized carbons (Fsp3) is 0.250. The van der Waals surface area contributed by atoms with Crippen LogP contribution in [0.25, 0.3) is 5.82 Å². The number of carbonyl (C=O) groups excluding carboxylic acids is 1. The number of hydrogen-bond acceptors (Lipinski definition) is 4. The van der Waals surface area contributed by atoms with Gasteiger partial charge in [0.2, 0.25) is 0 Å². The molecule has 0 aromatic carbocycles. The van der Waals surface area contributed by atoms with E-state index in [0.29, 0.717) is 18.0 Å². The predicted octanol–water partition coefficient (Wildman–Crippen LogP) is 1.75. The average Bonchev–Trinajstić information content (AvgIpc) is 2.72. The molecule has 0 bridgehead atoms. The maximum absolute atomic E-state index is 11.6. The largest absolute Gasteiger partial charge is 0.462 e. The molecular formula is C12H13N3O2. The van der Waals surface area contributed by atoms with Gasteiger partial charge in [-0.05, 0) is 26.0 Å². The highest BCUT2D eigenvalue weighted by atomic mass is 16.5. The van der Waals surface area contributed by atoms with Gasteiger partial charge in [-0.3, -0.25) is 0 Å². The van der Waals surface area contributed by atoms with Gasteiger partial charge in [-0.1, -0.05) is 6.07 Å². The molecule has 2 heterocycles. The lowest BCUT2D eigenvalue weighted by molar-refractivity contribution is 0.0525. The van der Waals surface area contributed by atoms with E-state index in [0.717, 1.165) is 5.69 Å². The molecule has 0 spiro atoms. The summed E-state index contributed by atoms with van der Waals surface area (Å²) in [6.07, 6.45) is 3.18. The van der Waals surface area contributed by atoms with Gasteiger partial charge in [0.25, 0.3) is 0 Å². The van der Waals surface area contributed by atoms with E-state index < -0.39 is 0 Å². The smallest absolute Gasteiger partial charge is 0.341 e. The van der Waals surface area contributed by atoms with E-state index in [4.69, 9.17) is 4.74 Å². The number of rotatable bonds is 3. The summed E-state index contributed by atoms with van der Waals surface area (Å²) in [5.74, 6) is 0.327. The van der Waals surface area contributed by atoms with Crippen LogP contribution in [0, 0.1) is 6.92 Å². The molecule has 5 heteroatoms. The highest BCUT2D eigenvalue weighted by Gasteiger charge is 2.16. The summed E-state index contributed by atoms with van der Waals surface area (Å²) in [6.45, 7) is 3.94. The fourth-order valence-electron chi connectivity index (χ4n) is 1.53. The lowest BCUT2D eigenvalue weighted by Crippen LogP contribution is -2.07. The van der Waals surface area contributed by atoms with Crippen molar-refractivity contribution in [2.45, 2.75) is 13.8 Å². The Labute approximate surface area is 99.1 Å². The Hall–Kier alpha value is -2.17. The van der Waals surface area contributed by atoms with E-state index in [1.54, 1.807) is 17.8 Å². The Balaban J connectivity index is 2.37. The Morgan fingerprint density at radius 1 is 1.47 bits per heavy atom. The van der Waals surface area contributed by atoms with Crippen LogP contribution in [0.5, 0.6) is 0 Å². The molecule has 0 unspecified atom stereocenters. The van der Waals surface area contributed by atoms with Crippen LogP contribution in [-0.4, -0.2) is 27.3 Å². The molecule has 5 nitrogen and oxygen atoms in total. The van der Waals surface area contributed by atoms with Crippen LogP contribution in [-0.2, 0) is 4.74 Å². The van der Waals surface area contributed by atoms with Crippen LogP contribution in [0.15, 0.2) is 30.6 Å². The minimum Gasteiger partial charge on any atom is -0.462 e. The van der Waals surface area contributed by atoms with E-state index in [1.807, 2.05) is 25.1 Å². The number of carbonyl (C=O) groups is 1. The summed E-state index contributed by atoms with van der Waals surface area (Å²) in [5.41, 5.74) is 1.19. The van der Waals surface area contributed by atoms with E-state index in [-0.39, 0.29) is 5.97 Å². The maximum Gasteiger partial charge on any atom is 0.341 e. The molecule has 0 aliphatic heterocycles. The van der Waals surface area contributed by atoms with Gasteiger partial charge in [-0.25, -0.2) is 14.5 Å². The monoisotopic (exact) mass is 231 g/mol. The van der Waals surface area contributed by atoms with Gasteiger partial charge in [-0.15, -0.1) is 0 Å². The molecular weight excluding hydrogens is 218 g/mol. The van der Waals surface area contributed by atoms with Crippen molar-refractivity contribution in [3.63, 3.8) is 0 Å². The number of nitrogens with zero attached hydrogens (tertiary/aromatic N) is 3. The van der Waals surface area contributed by atoms with Gasteiger partial charge in [0.1, 0.15) is 5.56 Å². The third kappa shape index (κ3) is 2.18. The van der Waals surface area contributed by atoms with Crippen LogP contribution in [0.1, 0.15) is 23.0 Å². The van der Waals surface area contributed by atoms with Crippen molar-refractivity contribution in [1.29, 1.82) is 0 Å². The van der Waals surface area contributed by atoms with Crippen LogP contribution >= 0.6 is 0 Å². The Morgan fingerprint density at radius 2 is 2.29 bits per heavy atom. The Kier molecular flexibility index (Phi) is 3.18.